The zero-order valence-corrected chi connectivity index (χ0v) is 20.5. The van der Waals surface area contributed by atoms with Gasteiger partial charge < -0.3 is 14.8 Å². The summed E-state index contributed by atoms with van der Waals surface area (Å²) in [5, 5.41) is 7.14. The molecule has 0 saturated heterocycles. The third kappa shape index (κ3) is 5.49. The van der Waals surface area contributed by atoms with E-state index in [0.717, 1.165) is 22.6 Å². The van der Waals surface area contributed by atoms with E-state index >= 15 is 0 Å². The molecular weight excluding hydrogens is 458 g/mol. The molecular formula is C23H27N5O5S. The van der Waals surface area contributed by atoms with Gasteiger partial charge in [0.05, 0.1) is 31.5 Å². The van der Waals surface area contributed by atoms with Gasteiger partial charge in [0.25, 0.3) is 0 Å². The van der Waals surface area contributed by atoms with Crippen molar-refractivity contribution in [3.63, 3.8) is 0 Å². The number of benzene rings is 1. The van der Waals surface area contributed by atoms with Crippen LogP contribution in [-0.4, -0.2) is 64.8 Å². The van der Waals surface area contributed by atoms with Gasteiger partial charge in [-0.25, -0.2) is 19.3 Å². The second kappa shape index (κ2) is 11.0. The number of thiophene rings is 1. The molecule has 2 heterocycles. The number of likely N-dealkylation sites (N-methyl/N-ethyl adjacent to an activating group) is 1. The summed E-state index contributed by atoms with van der Waals surface area (Å²) in [6.07, 6.45) is 3.09. The van der Waals surface area contributed by atoms with E-state index < -0.39 is 11.9 Å². The molecule has 3 aromatic rings. The number of ether oxygens (including phenoxy) is 2. The molecule has 0 radical (unpaired) electrons. The summed E-state index contributed by atoms with van der Waals surface area (Å²) in [5.74, 6) is -1.50. The first-order chi connectivity index (χ1) is 16.3. The fourth-order valence-electron chi connectivity index (χ4n) is 3.37. The maximum Gasteiger partial charge on any atom is 0.348 e. The van der Waals surface area contributed by atoms with E-state index in [4.69, 9.17) is 9.47 Å². The first-order valence-electron chi connectivity index (χ1n) is 10.6. The van der Waals surface area contributed by atoms with Gasteiger partial charge >= 0.3 is 11.9 Å². The van der Waals surface area contributed by atoms with Gasteiger partial charge in [0.1, 0.15) is 22.5 Å². The highest BCUT2D eigenvalue weighted by atomic mass is 32.1. The number of amides is 1. The van der Waals surface area contributed by atoms with Crippen LogP contribution in [-0.2, 0) is 14.3 Å². The smallest absolute Gasteiger partial charge is 0.348 e. The molecule has 0 bridgehead atoms. The molecule has 1 atom stereocenters. The molecule has 1 aromatic carbocycles. The van der Waals surface area contributed by atoms with Crippen LogP contribution in [0.25, 0.3) is 5.69 Å². The molecule has 10 nitrogen and oxygen atoms in total. The van der Waals surface area contributed by atoms with Crippen molar-refractivity contribution in [2.45, 2.75) is 26.8 Å². The normalized spacial score (nSPS) is 11.8. The third-order valence-corrected chi connectivity index (χ3v) is 6.55. The number of hydrogen-bond donors (Lipinski definition) is 1. The van der Waals surface area contributed by atoms with Crippen LogP contribution in [0.2, 0.25) is 0 Å². The van der Waals surface area contributed by atoms with Gasteiger partial charge in [0, 0.05) is 6.04 Å². The summed E-state index contributed by atoms with van der Waals surface area (Å²) in [7, 11) is 3.10. The largest absolute Gasteiger partial charge is 0.465 e. The Balaban J connectivity index is 1.72. The first kappa shape index (κ1) is 25.1. The van der Waals surface area contributed by atoms with Crippen LogP contribution in [0.5, 0.6) is 0 Å². The highest BCUT2D eigenvalue weighted by Gasteiger charge is 2.27. The molecule has 0 fully saturated rings. The summed E-state index contributed by atoms with van der Waals surface area (Å²) in [6, 6.07) is 7.75. The molecule has 180 valence electrons. The van der Waals surface area contributed by atoms with Crippen molar-refractivity contribution in [3.8, 4) is 5.69 Å². The quantitative estimate of drug-likeness (QED) is 0.459. The molecule has 34 heavy (non-hydrogen) atoms. The Morgan fingerprint density at radius 1 is 1.21 bits per heavy atom. The monoisotopic (exact) mass is 485 g/mol. The second-order valence-corrected chi connectivity index (χ2v) is 8.56. The van der Waals surface area contributed by atoms with E-state index in [-0.39, 0.29) is 40.5 Å². The van der Waals surface area contributed by atoms with Gasteiger partial charge in [0.2, 0.25) is 5.91 Å². The number of carbonyl (C=O) groups excluding carboxylic acids is 3. The summed E-state index contributed by atoms with van der Waals surface area (Å²) in [6.45, 7) is 5.55. The number of nitrogens with one attached hydrogen (secondary N) is 1. The van der Waals surface area contributed by atoms with Gasteiger partial charge in [0.15, 0.2) is 0 Å². The van der Waals surface area contributed by atoms with Gasteiger partial charge in [-0.2, -0.15) is 5.10 Å². The fourth-order valence-corrected chi connectivity index (χ4v) is 4.50. The number of nitrogens with zero attached hydrogens (tertiary/aromatic N) is 4. The van der Waals surface area contributed by atoms with Crippen LogP contribution in [0.4, 0.5) is 5.00 Å². The standard InChI is InChI=1S/C23H27N5O5S/c1-6-33-22(30)19-14(2)20(23(31)32-5)34-21(19)26-18(29)11-27(4)15(3)16-7-9-17(10-8-16)28-13-24-12-25-28/h7-10,12-13,15H,6,11H2,1-5H3,(H,26,29)/t15-/m0/s1. The minimum atomic E-state index is -0.601. The van der Waals surface area contributed by atoms with Gasteiger partial charge in [-0.3, -0.25) is 9.69 Å². The average Bonchev–Trinajstić information content (AvgIpc) is 3.46. The Kier molecular flexibility index (Phi) is 8.13. The lowest BCUT2D eigenvalue weighted by molar-refractivity contribution is -0.117. The minimum absolute atomic E-state index is 0.0595. The molecule has 0 aliphatic carbocycles. The van der Waals surface area contributed by atoms with Crippen molar-refractivity contribution in [1.82, 2.24) is 19.7 Å². The maximum atomic E-state index is 12.8. The van der Waals surface area contributed by atoms with Gasteiger partial charge in [-0.1, -0.05) is 12.1 Å². The van der Waals surface area contributed by atoms with Crippen molar-refractivity contribution >= 4 is 34.2 Å². The fraction of sp³-hybridized carbons (Fsp3) is 0.348. The number of aromatic nitrogens is 3. The number of esters is 2. The van der Waals surface area contributed by atoms with Crippen LogP contribution in [0.15, 0.2) is 36.9 Å². The van der Waals surface area contributed by atoms with Crippen molar-refractivity contribution in [2.24, 2.45) is 0 Å². The Morgan fingerprint density at radius 3 is 2.50 bits per heavy atom. The van der Waals surface area contributed by atoms with Crippen LogP contribution in [0.3, 0.4) is 0 Å². The highest BCUT2D eigenvalue weighted by molar-refractivity contribution is 7.18. The molecule has 1 amide bonds. The number of anilines is 1. The van der Waals surface area contributed by atoms with E-state index in [9.17, 15) is 14.4 Å². The lowest BCUT2D eigenvalue weighted by Gasteiger charge is -2.24. The van der Waals surface area contributed by atoms with Crippen molar-refractivity contribution in [2.75, 3.05) is 32.6 Å². The van der Waals surface area contributed by atoms with E-state index in [1.54, 1.807) is 24.9 Å². The zero-order chi connectivity index (χ0) is 24.8. The Labute approximate surface area is 201 Å². The predicted octanol–water partition coefficient (Wildman–Crippen LogP) is 3.23. The average molecular weight is 486 g/mol. The van der Waals surface area contributed by atoms with Crippen LogP contribution >= 0.6 is 11.3 Å². The number of methoxy groups -OCH3 is 1. The van der Waals surface area contributed by atoms with Crippen LogP contribution in [0.1, 0.15) is 51.0 Å². The Morgan fingerprint density at radius 2 is 1.91 bits per heavy atom. The van der Waals surface area contributed by atoms with Gasteiger partial charge in [-0.05, 0) is 51.1 Å². The zero-order valence-electron chi connectivity index (χ0n) is 19.7. The van der Waals surface area contributed by atoms with Crippen molar-refractivity contribution in [3.05, 3.63) is 58.5 Å². The number of hydrogen-bond acceptors (Lipinski definition) is 9. The molecule has 0 aliphatic rings. The summed E-state index contributed by atoms with van der Waals surface area (Å²) >= 11 is 0.994. The maximum absolute atomic E-state index is 12.8. The number of rotatable bonds is 9. The van der Waals surface area contributed by atoms with Crippen molar-refractivity contribution in [1.29, 1.82) is 0 Å². The van der Waals surface area contributed by atoms with E-state index in [1.807, 2.05) is 43.1 Å². The van der Waals surface area contributed by atoms with Gasteiger partial charge in [-0.15, -0.1) is 11.3 Å². The van der Waals surface area contributed by atoms with E-state index in [0.29, 0.717) is 5.56 Å². The highest BCUT2D eigenvalue weighted by Crippen LogP contribution is 2.34. The minimum Gasteiger partial charge on any atom is -0.465 e. The Bertz CT molecular complexity index is 1160. The summed E-state index contributed by atoms with van der Waals surface area (Å²) in [4.78, 5) is 43.5. The van der Waals surface area contributed by atoms with E-state index in [1.165, 1.54) is 13.4 Å². The number of carbonyl (C=O) groups is 3. The molecule has 0 spiro atoms. The summed E-state index contributed by atoms with van der Waals surface area (Å²) < 4.78 is 11.6. The van der Waals surface area contributed by atoms with Crippen LogP contribution in [0, 0.1) is 6.92 Å². The molecule has 1 N–H and O–H groups in total. The molecule has 2 aromatic heterocycles. The van der Waals surface area contributed by atoms with E-state index in [2.05, 4.69) is 15.4 Å². The lowest BCUT2D eigenvalue weighted by Crippen LogP contribution is -2.32. The lowest BCUT2D eigenvalue weighted by atomic mass is 10.1. The molecule has 0 aliphatic heterocycles. The van der Waals surface area contributed by atoms with Crippen molar-refractivity contribution < 1.29 is 23.9 Å². The SMILES string of the molecule is CCOC(=O)c1c(NC(=O)CN(C)[C@@H](C)c2ccc(-n3cncn3)cc2)sc(C(=O)OC)c1C. The molecule has 0 saturated carbocycles. The van der Waals surface area contributed by atoms with Crippen LogP contribution < -0.4 is 5.32 Å². The second-order valence-electron chi connectivity index (χ2n) is 7.54. The third-order valence-electron chi connectivity index (χ3n) is 5.36. The molecule has 3 rings (SSSR count). The molecule has 0 unspecified atom stereocenters. The predicted molar refractivity (Wildman–Crippen MR) is 127 cm³/mol. The Hall–Kier alpha value is -3.57. The topological polar surface area (TPSA) is 116 Å². The molecule has 11 heteroatoms. The first-order valence-corrected chi connectivity index (χ1v) is 11.4. The summed E-state index contributed by atoms with van der Waals surface area (Å²) in [5.41, 5.74) is 2.49.